The van der Waals surface area contributed by atoms with E-state index in [1.807, 2.05) is 19.1 Å². The summed E-state index contributed by atoms with van der Waals surface area (Å²) in [4.78, 5) is 42.3. The molecular weight excluding hydrogens is 1210 g/mol. The van der Waals surface area contributed by atoms with E-state index >= 15 is 0 Å². The summed E-state index contributed by atoms with van der Waals surface area (Å²) in [5.41, 5.74) is -0.411. The van der Waals surface area contributed by atoms with Crippen LogP contribution in [0.2, 0.25) is 10.0 Å². The maximum atomic E-state index is 11.9. The number of aryl methyl sites for hydroxylation is 1. The van der Waals surface area contributed by atoms with Crippen LogP contribution >= 0.6 is 69.7 Å². The first-order valence-corrected chi connectivity index (χ1v) is 30.5. The number of nitro benzene ring substituents is 2. The zero-order chi connectivity index (χ0) is 55.4. The Morgan fingerprint density at radius 2 is 0.740 bits per heavy atom. The molecule has 394 valence electrons. The zero-order valence-corrected chi connectivity index (χ0v) is 47.6. The summed E-state index contributed by atoms with van der Waals surface area (Å²) < 4.78 is 9.76. The molecule has 0 spiro atoms. The van der Waals surface area contributed by atoms with Crippen molar-refractivity contribution in [3.8, 4) is 0 Å². The molecule has 0 unspecified atom stereocenters. The third kappa shape index (κ3) is 20.1. The third-order valence-electron chi connectivity index (χ3n) is 10.3. The summed E-state index contributed by atoms with van der Waals surface area (Å²) in [6.45, 7) is 1.92. The van der Waals surface area contributed by atoms with Gasteiger partial charge in [0.25, 0.3) is 16.6 Å². The molecule has 10 rings (SSSR count). The number of nitro groups is 2. The summed E-state index contributed by atoms with van der Waals surface area (Å²) >= 11 is 16.4. The molecule has 0 saturated heterocycles. The maximum Gasteiger partial charge on any atom is -0.0134 e. The van der Waals surface area contributed by atoms with Gasteiger partial charge in [0.05, 0.1) is 43.5 Å². The van der Waals surface area contributed by atoms with Crippen molar-refractivity contribution < 1.29 is 44.2 Å². The topological polar surface area (TPSA) is 147 Å². The minimum Gasteiger partial charge on any atom is -0.0622 e. The molecule has 0 N–H and O–H groups in total. The molecule has 10 nitrogen and oxygen atoms in total. The van der Waals surface area contributed by atoms with Gasteiger partial charge in [0, 0.05) is 24.3 Å². The molecule has 0 amide bonds. The van der Waals surface area contributed by atoms with Gasteiger partial charge < -0.3 is 8.83 Å². The van der Waals surface area contributed by atoms with Crippen LogP contribution in [0.3, 0.4) is 0 Å². The minimum absolute atomic E-state index is 0.0517. The van der Waals surface area contributed by atoms with Gasteiger partial charge in [-0.05, 0) is 103 Å². The first-order valence-electron chi connectivity index (χ1n) is 22.7. The molecule has 0 aliphatic heterocycles. The Bertz CT molecular complexity index is 3040. The van der Waals surface area contributed by atoms with Crippen molar-refractivity contribution in [3.63, 3.8) is 0 Å². The number of furan rings is 2. The molecule has 77 heavy (non-hydrogen) atoms. The van der Waals surface area contributed by atoms with Crippen LogP contribution in [0.15, 0.2) is 264 Å². The van der Waals surface area contributed by atoms with Gasteiger partial charge in [0.15, 0.2) is 5.76 Å². The van der Waals surface area contributed by atoms with Crippen LogP contribution < -0.4 is 31.8 Å². The number of hydrogen-bond acceptors (Lipinski definition) is 8. The Labute approximate surface area is 479 Å². The number of non-ortho nitro benzene ring substituents is 2. The predicted molar refractivity (Wildman–Crippen MR) is 314 cm³/mol. The minimum atomic E-state index is -0.811. The van der Waals surface area contributed by atoms with Crippen LogP contribution in [0.1, 0.15) is 32.2 Å². The van der Waals surface area contributed by atoms with Crippen LogP contribution in [-0.2, 0) is 15.9 Å². The van der Waals surface area contributed by atoms with E-state index in [4.69, 9.17) is 62.7 Å². The molecule has 18 heteroatoms. The molecular formula is C59H45Cl5N2O8P2Pd. The third-order valence-corrected chi connectivity index (χ3v) is 16.0. The molecule has 0 saturated carbocycles. The van der Waals surface area contributed by atoms with E-state index in [-0.39, 0.29) is 54.2 Å². The van der Waals surface area contributed by atoms with Gasteiger partial charge in [-0.1, -0.05) is 205 Å². The zero-order valence-electron chi connectivity index (χ0n) is 40.5. The number of hydrogen-bond donors (Lipinski definition) is 0. The average Bonchev–Trinajstić information content (AvgIpc) is 4.19. The number of benzene rings is 8. The van der Waals surface area contributed by atoms with Crippen molar-refractivity contribution >= 4 is 124 Å². The fourth-order valence-corrected chi connectivity index (χ4v) is 12.1. The SMILES string of the molecule is Cc1ccco1.O=C(Cl)c1cc([N+](=O)[O-])ccc1Cl.O=C(c1ccco1)c1cc([N+](=O)[O-])ccc1Cl.[Cl][Pd][Cl].c1ccc(P(c2ccccc2)c2ccccc2)cc1.c1ccc(P(c2ccccc2)c2ccccc2)cc1. The van der Waals surface area contributed by atoms with E-state index in [2.05, 4.69) is 182 Å². The van der Waals surface area contributed by atoms with E-state index in [9.17, 15) is 29.8 Å². The summed E-state index contributed by atoms with van der Waals surface area (Å²) in [6, 6.07) is 78.6. The molecule has 0 aliphatic rings. The first-order chi connectivity index (χ1) is 37.3. The Kier molecular flexibility index (Phi) is 26.7. The molecule has 10 aromatic rings. The summed E-state index contributed by atoms with van der Waals surface area (Å²) in [7, 11) is 8.74. The van der Waals surface area contributed by atoms with Gasteiger partial charge in [-0.2, -0.15) is 0 Å². The number of nitrogens with zero attached hydrogens (tertiary/aromatic N) is 2. The smallest absolute Gasteiger partial charge is 0.0134 e. The van der Waals surface area contributed by atoms with Crippen LogP contribution in [0.4, 0.5) is 11.4 Å². The molecule has 0 fully saturated rings. The second-order valence-electron chi connectivity index (χ2n) is 15.4. The van der Waals surface area contributed by atoms with Gasteiger partial charge in [-0.25, -0.2) is 0 Å². The molecule has 2 heterocycles. The molecule has 2 aromatic heterocycles. The van der Waals surface area contributed by atoms with E-state index in [1.165, 1.54) is 68.4 Å². The van der Waals surface area contributed by atoms with Crippen molar-refractivity contribution in [1.82, 2.24) is 0 Å². The van der Waals surface area contributed by atoms with E-state index in [1.54, 1.807) is 12.3 Å². The summed E-state index contributed by atoms with van der Waals surface area (Å²) in [5, 5.41) is 28.7. The van der Waals surface area contributed by atoms with Crippen molar-refractivity contribution in [1.29, 1.82) is 0 Å². The van der Waals surface area contributed by atoms with Gasteiger partial charge in [-0.15, -0.1) is 0 Å². The van der Waals surface area contributed by atoms with Gasteiger partial charge in [0.1, 0.15) is 5.76 Å². The number of halogens is 5. The first kappa shape index (κ1) is 61.3. The Balaban J connectivity index is 0.000000181. The molecule has 0 radical (unpaired) electrons. The average molecular weight is 1260 g/mol. The fraction of sp³-hybridized carbons (Fsp3) is 0.0169. The van der Waals surface area contributed by atoms with E-state index < -0.39 is 36.7 Å². The van der Waals surface area contributed by atoms with Crippen LogP contribution in [0, 0.1) is 27.2 Å². The largest absolute Gasteiger partial charge is 0.0622 e. The second-order valence-corrected chi connectivity index (χ2v) is 23.3. The number of carbonyl (C=O) groups is 2. The van der Waals surface area contributed by atoms with Crippen molar-refractivity contribution in [2.75, 3.05) is 0 Å². The summed E-state index contributed by atoms with van der Waals surface area (Å²) in [5.74, 6) is 0.575. The van der Waals surface area contributed by atoms with E-state index in [0.29, 0.717) is 0 Å². The van der Waals surface area contributed by atoms with Crippen LogP contribution in [-0.4, -0.2) is 20.9 Å². The number of ketones is 1. The van der Waals surface area contributed by atoms with Crippen LogP contribution in [0.5, 0.6) is 0 Å². The Hall–Kier alpha value is -6.57. The van der Waals surface area contributed by atoms with Crippen molar-refractivity contribution in [2.45, 2.75) is 6.92 Å². The summed E-state index contributed by atoms with van der Waals surface area (Å²) in [6.07, 6.45) is 3.01. The molecule has 0 bridgehead atoms. The van der Waals surface area contributed by atoms with Crippen LogP contribution in [0.25, 0.3) is 0 Å². The maximum absolute atomic E-state index is 11.9. The molecule has 0 atom stereocenters. The van der Waals surface area contributed by atoms with E-state index in [0.717, 1.165) is 17.9 Å². The number of rotatable bonds is 11. The Morgan fingerprint density at radius 3 is 0.987 bits per heavy atom. The standard InChI is InChI=1S/2C18H15P.C11H6ClNO4.C7H3Cl2NO3.C5H6O.2ClH.Pd/c2*1-4-10-16(11-5-1)19(17-12-6-2-7-13-17)18-14-8-3-9-15-18;12-9-4-3-7(13(15)16)6-8(9)11(14)10-2-1-5-17-10;8-6-2-1-4(10(12)13)3-5(6)7(9)11;1-5-3-2-4-6-5;;;/h2*1-15H;1-6H;1-3H;2-4H,1H3;2*1H;/q;;;;;;;+2/p-2. The number of carbonyl (C=O) groups excluding carboxylic acids is 2. The van der Waals surface area contributed by atoms with Gasteiger partial charge in [0.2, 0.25) is 5.78 Å². The van der Waals surface area contributed by atoms with Crippen molar-refractivity contribution in [3.05, 3.63) is 308 Å². The quantitative estimate of drug-likeness (QED) is 0.0311. The monoisotopic (exact) mass is 1250 g/mol. The van der Waals surface area contributed by atoms with Gasteiger partial charge >= 0.3 is 35.0 Å². The van der Waals surface area contributed by atoms with Gasteiger partial charge in [-0.3, -0.25) is 29.8 Å². The second kappa shape index (κ2) is 33.6. The Morgan fingerprint density at radius 1 is 0.442 bits per heavy atom. The predicted octanol–water partition coefficient (Wildman–Crippen LogP) is 15.6. The normalized spacial score (nSPS) is 10.1. The van der Waals surface area contributed by atoms with Crippen molar-refractivity contribution in [2.24, 2.45) is 0 Å². The molecule has 0 aliphatic carbocycles. The molecule has 8 aromatic carbocycles. The fourth-order valence-electron chi connectivity index (χ4n) is 6.84.